The van der Waals surface area contributed by atoms with Crippen LogP contribution >= 0.6 is 11.3 Å². The Balaban J connectivity index is 2.32. The molecule has 4 nitrogen and oxygen atoms in total. The van der Waals surface area contributed by atoms with Crippen LogP contribution in [0.15, 0.2) is 24.3 Å². The minimum atomic E-state index is -0.916. The summed E-state index contributed by atoms with van der Waals surface area (Å²) < 4.78 is 1.83. The number of benzene rings is 1. The molecule has 23 heavy (non-hydrogen) atoms. The van der Waals surface area contributed by atoms with E-state index in [1.165, 1.54) is 10.4 Å². The molecule has 0 aliphatic carbocycles. The molecule has 2 aromatic heterocycles. The number of carboxylic acids is 1. The van der Waals surface area contributed by atoms with Crippen molar-refractivity contribution >= 4 is 22.3 Å². The fraction of sp³-hybridized carbons (Fsp3) is 0.333. The lowest BCUT2D eigenvalue weighted by Gasteiger charge is -2.07. The summed E-state index contributed by atoms with van der Waals surface area (Å²) in [6.07, 6.45) is 2.47. The number of thiazole rings is 1. The Hall–Kier alpha value is -2.14. The third-order valence-electron chi connectivity index (χ3n) is 4.12. The van der Waals surface area contributed by atoms with Crippen LogP contribution in [0.25, 0.3) is 16.2 Å². The number of hydrogen-bond donors (Lipinski definition) is 1. The predicted molar refractivity (Wildman–Crippen MR) is 93.6 cm³/mol. The number of imidazole rings is 1. The maximum atomic E-state index is 11.8. The first-order valence-electron chi connectivity index (χ1n) is 7.96. The third-order valence-corrected chi connectivity index (χ3v) is 5.30. The van der Waals surface area contributed by atoms with Crippen LogP contribution in [0.3, 0.4) is 0 Å². The lowest BCUT2D eigenvalue weighted by Crippen LogP contribution is -2.06. The molecule has 120 valence electrons. The summed E-state index contributed by atoms with van der Waals surface area (Å²) >= 11 is 1.58. The maximum absolute atomic E-state index is 11.8. The van der Waals surface area contributed by atoms with E-state index < -0.39 is 5.97 Å². The Morgan fingerprint density at radius 3 is 2.35 bits per heavy atom. The van der Waals surface area contributed by atoms with E-state index in [4.69, 9.17) is 0 Å². The number of aromatic nitrogens is 2. The predicted octanol–water partition coefficient (Wildman–Crippen LogP) is 4.45. The van der Waals surface area contributed by atoms with Gasteiger partial charge >= 0.3 is 5.97 Å². The van der Waals surface area contributed by atoms with Gasteiger partial charge in [-0.3, -0.25) is 4.40 Å². The van der Waals surface area contributed by atoms with Crippen molar-refractivity contribution in [3.63, 3.8) is 0 Å². The molecular formula is C18H20N2O2S. The first-order valence-corrected chi connectivity index (χ1v) is 8.77. The Kier molecular flexibility index (Phi) is 4.22. The van der Waals surface area contributed by atoms with Crippen molar-refractivity contribution in [2.24, 2.45) is 0 Å². The SMILES string of the molecule is CCc1ccc(-c2c(CC)sc3nc(CC)c(C(=O)O)n23)cc1. The number of rotatable bonds is 5. The van der Waals surface area contributed by atoms with Crippen molar-refractivity contribution in [3.8, 4) is 11.3 Å². The zero-order chi connectivity index (χ0) is 16.6. The van der Waals surface area contributed by atoms with E-state index in [0.29, 0.717) is 17.8 Å². The molecule has 5 heteroatoms. The van der Waals surface area contributed by atoms with E-state index in [-0.39, 0.29) is 0 Å². The summed E-state index contributed by atoms with van der Waals surface area (Å²) in [5.74, 6) is -0.916. The van der Waals surface area contributed by atoms with Crippen LogP contribution in [-0.4, -0.2) is 20.5 Å². The molecule has 0 atom stereocenters. The van der Waals surface area contributed by atoms with Crippen molar-refractivity contribution in [3.05, 3.63) is 46.1 Å². The lowest BCUT2D eigenvalue weighted by atomic mass is 10.1. The maximum Gasteiger partial charge on any atom is 0.354 e. The highest BCUT2D eigenvalue weighted by molar-refractivity contribution is 7.17. The minimum Gasteiger partial charge on any atom is -0.477 e. The number of carboxylic acid groups (broad SMARTS) is 1. The number of carbonyl (C=O) groups is 1. The molecule has 0 bridgehead atoms. The minimum absolute atomic E-state index is 0.299. The van der Waals surface area contributed by atoms with Crippen LogP contribution in [-0.2, 0) is 19.3 Å². The molecule has 2 heterocycles. The van der Waals surface area contributed by atoms with Crippen molar-refractivity contribution in [1.29, 1.82) is 0 Å². The summed E-state index contributed by atoms with van der Waals surface area (Å²) in [6, 6.07) is 8.38. The average molecular weight is 328 g/mol. The van der Waals surface area contributed by atoms with E-state index in [1.54, 1.807) is 11.3 Å². The second kappa shape index (κ2) is 6.16. The van der Waals surface area contributed by atoms with Gasteiger partial charge in [-0.1, -0.05) is 45.0 Å². The molecule has 3 aromatic rings. The van der Waals surface area contributed by atoms with Gasteiger partial charge in [-0.15, -0.1) is 11.3 Å². The number of hydrogen-bond acceptors (Lipinski definition) is 3. The fourth-order valence-corrected chi connectivity index (χ4v) is 4.00. The average Bonchev–Trinajstić information content (AvgIpc) is 3.09. The Morgan fingerprint density at radius 1 is 1.13 bits per heavy atom. The molecule has 0 aliphatic heterocycles. The van der Waals surface area contributed by atoms with E-state index in [2.05, 4.69) is 43.1 Å². The van der Waals surface area contributed by atoms with Crippen LogP contribution in [0.2, 0.25) is 0 Å². The standard InChI is InChI=1S/C18H20N2O2S/c1-4-11-7-9-12(10-8-11)15-14(6-3)23-18-19-13(5-2)16(17(21)22)20(15)18/h7-10H,4-6H2,1-3H3,(H,21,22). The van der Waals surface area contributed by atoms with Gasteiger partial charge in [-0.05, 0) is 30.4 Å². The van der Waals surface area contributed by atoms with Gasteiger partial charge in [-0.2, -0.15) is 0 Å². The highest BCUT2D eigenvalue weighted by Gasteiger charge is 2.24. The molecular weight excluding hydrogens is 308 g/mol. The molecule has 1 aromatic carbocycles. The largest absolute Gasteiger partial charge is 0.477 e. The number of aryl methyl sites for hydroxylation is 3. The topological polar surface area (TPSA) is 54.6 Å². The number of aromatic carboxylic acids is 1. The van der Waals surface area contributed by atoms with Crippen molar-refractivity contribution < 1.29 is 9.90 Å². The molecule has 0 aliphatic rings. The van der Waals surface area contributed by atoms with Crippen LogP contribution in [0.4, 0.5) is 0 Å². The van der Waals surface area contributed by atoms with Crippen LogP contribution in [0, 0.1) is 0 Å². The van der Waals surface area contributed by atoms with Gasteiger partial charge in [0.25, 0.3) is 0 Å². The number of fused-ring (bicyclic) bond motifs is 1. The Morgan fingerprint density at radius 2 is 1.83 bits per heavy atom. The fourth-order valence-electron chi connectivity index (χ4n) is 2.90. The van der Waals surface area contributed by atoms with Crippen molar-refractivity contribution in [2.75, 3.05) is 0 Å². The summed E-state index contributed by atoms with van der Waals surface area (Å²) in [4.78, 5) is 18.3. The first kappa shape index (κ1) is 15.7. The number of nitrogens with zero attached hydrogens (tertiary/aromatic N) is 2. The summed E-state index contributed by atoms with van der Waals surface area (Å²) in [5, 5.41) is 9.66. The Labute approximate surface area is 139 Å². The van der Waals surface area contributed by atoms with E-state index in [1.807, 2.05) is 11.3 Å². The lowest BCUT2D eigenvalue weighted by molar-refractivity contribution is 0.0688. The zero-order valence-electron chi connectivity index (χ0n) is 13.6. The molecule has 3 rings (SSSR count). The van der Waals surface area contributed by atoms with Gasteiger partial charge in [0.15, 0.2) is 10.7 Å². The molecule has 0 fully saturated rings. The van der Waals surface area contributed by atoms with Gasteiger partial charge in [-0.25, -0.2) is 9.78 Å². The molecule has 0 spiro atoms. The highest BCUT2D eigenvalue weighted by atomic mass is 32.1. The third kappa shape index (κ3) is 2.55. The van der Waals surface area contributed by atoms with E-state index in [9.17, 15) is 9.90 Å². The zero-order valence-corrected chi connectivity index (χ0v) is 14.4. The van der Waals surface area contributed by atoms with E-state index >= 15 is 0 Å². The Bertz CT molecular complexity index is 859. The normalized spacial score (nSPS) is 11.3. The molecule has 0 amide bonds. The second-order valence-corrected chi connectivity index (χ2v) is 6.52. The quantitative estimate of drug-likeness (QED) is 0.753. The smallest absolute Gasteiger partial charge is 0.354 e. The molecule has 1 N–H and O–H groups in total. The van der Waals surface area contributed by atoms with Gasteiger partial charge in [0.1, 0.15) is 0 Å². The van der Waals surface area contributed by atoms with Crippen LogP contribution in [0.1, 0.15) is 47.4 Å². The van der Waals surface area contributed by atoms with Crippen molar-refractivity contribution in [1.82, 2.24) is 9.38 Å². The van der Waals surface area contributed by atoms with Gasteiger partial charge in [0, 0.05) is 4.88 Å². The molecule has 0 saturated carbocycles. The van der Waals surface area contributed by atoms with Crippen LogP contribution < -0.4 is 0 Å². The molecule has 0 saturated heterocycles. The summed E-state index contributed by atoms with van der Waals surface area (Å²) in [6.45, 7) is 6.16. The second-order valence-electron chi connectivity index (χ2n) is 5.46. The monoisotopic (exact) mass is 328 g/mol. The highest BCUT2D eigenvalue weighted by Crippen LogP contribution is 2.34. The van der Waals surface area contributed by atoms with Gasteiger partial charge in [0.2, 0.25) is 0 Å². The van der Waals surface area contributed by atoms with Gasteiger partial charge in [0.05, 0.1) is 11.4 Å². The van der Waals surface area contributed by atoms with Crippen LogP contribution in [0.5, 0.6) is 0 Å². The van der Waals surface area contributed by atoms with Crippen molar-refractivity contribution in [2.45, 2.75) is 40.0 Å². The summed E-state index contributed by atoms with van der Waals surface area (Å²) in [7, 11) is 0. The first-order chi connectivity index (χ1) is 11.1. The summed E-state index contributed by atoms with van der Waals surface area (Å²) in [5.41, 5.74) is 4.25. The van der Waals surface area contributed by atoms with Gasteiger partial charge < -0.3 is 5.11 Å². The van der Waals surface area contributed by atoms with E-state index in [0.717, 1.165) is 29.1 Å². The molecule has 0 radical (unpaired) electrons. The molecule has 0 unspecified atom stereocenters.